The molecule has 0 radical (unpaired) electrons. The summed E-state index contributed by atoms with van der Waals surface area (Å²) < 4.78 is 6.06. The van der Waals surface area contributed by atoms with Gasteiger partial charge in [-0.2, -0.15) is 0 Å². The predicted molar refractivity (Wildman–Crippen MR) is 217 cm³/mol. The van der Waals surface area contributed by atoms with Crippen LogP contribution in [0.4, 0.5) is 0 Å². The van der Waals surface area contributed by atoms with Gasteiger partial charge in [-0.3, -0.25) is 4.79 Å². The van der Waals surface area contributed by atoms with Gasteiger partial charge in [0, 0.05) is 0 Å². The molecule has 2 nitrogen and oxygen atoms in total. The molecule has 4 rings (SSSR count). The summed E-state index contributed by atoms with van der Waals surface area (Å²) >= 11 is 0. The second kappa shape index (κ2) is 23.3. The molecule has 4 aliphatic rings. The molecule has 0 heterocycles. The Bertz CT molecular complexity index is 849. The van der Waals surface area contributed by atoms with Crippen molar-refractivity contribution in [3.63, 3.8) is 0 Å². The molecule has 0 aromatic heterocycles. The second-order valence-electron chi connectivity index (χ2n) is 19.2. The minimum Gasteiger partial charge on any atom is -0.461 e. The van der Waals surface area contributed by atoms with Crippen molar-refractivity contribution in [2.45, 2.75) is 264 Å². The maximum absolute atomic E-state index is 11.8. The molecular formula is C48H88O2. The van der Waals surface area contributed by atoms with E-state index in [-0.39, 0.29) is 5.60 Å². The maximum atomic E-state index is 11.8. The van der Waals surface area contributed by atoms with Gasteiger partial charge in [0.05, 0.1) is 0 Å². The summed E-state index contributed by atoms with van der Waals surface area (Å²) in [6, 6.07) is 0. The Kier molecular flexibility index (Phi) is 19.7. The normalized spacial score (nSPS) is 29.0. The van der Waals surface area contributed by atoms with Gasteiger partial charge in [0.2, 0.25) is 0 Å². The van der Waals surface area contributed by atoms with E-state index in [1.54, 1.807) is 0 Å². The van der Waals surface area contributed by atoms with Gasteiger partial charge >= 0.3 is 0 Å². The molecule has 0 aromatic carbocycles. The van der Waals surface area contributed by atoms with E-state index >= 15 is 0 Å². The van der Waals surface area contributed by atoms with Gasteiger partial charge < -0.3 is 4.74 Å². The van der Waals surface area contributed by atoms with Crippen molar-refractivity contribution in [1.29, 1.82) is 0 Å². The number of hydrogen-bond donors (Lipinski definition) is 0. The molecule has 4 fully saturated rings. The molecule has 292 valence electrons. The van der Waals surface area contributed by atoms with Crippen LogP contribution in [0.3, 0.4) is 0 Å². The van der Waals surface area contributed by atoms with Crippen molar-refractivity contribution in [3.05, 3.63) is 0 Å². The zero-order valence-electron chi connectivity index (χ0n) is 34.4. The van der Waals surface area contributed by atoms with Crippen molar-refractivity contribution < 1.29 is 9.53 Å². The topological polar surface area (TPSA) is 26.3 Å². The first-order valence-electron chi connectivity index (χ1n) is 23.6. The van der Waals surface area contributed by atoms with Crippen molar-refractivity contribution in [3.8, 4) is 0 Å². The average Bonchev–Trinajstić information content (AvgIpc) is 3.15. The van der Waals surface area contributed by atoms with E-state index in [1.807, 2.05) is 0 Å². The molecule has 50 heavy (non-hydrogen) atoms. The molecule has 0 N–H and O–H groups in total. The highest BCUT2D eigenvalue weighted by atomic mass is 16.5. The van der Waals surface area contributed by atoms with Crippen molar-refractivity contribution in [2.24, 2.45) is 34.5 Å². The van der Waals surface area contributed by atoms with Crippen LogP contribution >= 0.6 is 0 Å². The predicted octanol–water partition coefficient (Wildman–Crippen LogP) is 15.9. The third kappa shape index (κ3) is 12.8. The summed E-state index contributed by atoms with van der Waals surface area (Å²) in [4.78, 5) is 11.8. The number of ether oxygens (including phenoxy) is 1. The molecule has 4 aliphatic carbocycles. The smallest absolute Gasteiger partial charge is 0.293 e. The Hall–Kier alpha value is -0.530. The molecular weight excluding hydrogens is 609 g/mol. The standard InChI is InChI=1S/C48H88O2/c1-4-6-8-10-12-14-16-20-26-43-27-29-44(30-28-43)46(33-21-18-22-34-46)40-42(3)48(36-24-19-25-37-48)45-31-38-47(39-32-45,50-41-49)35-23-17-15-13-11-9-7-5-2/h41-45H,4-40H2,1-3H3. The van der Waals surface area contributed by atoms with E-state index < -0.39 is 0 Å². The summed E-state index contributed by atoms with van der Waals surface area (Å²) in [5, 5.41) is 0. The summed E-state index contributed by atoms with van der Waals surface area (Å²) in [5.74, 6) is 3.69. The minimum atomic E-state index is -0.169. The maximum Gasteiger partial charge on any atom is 0.293 e. The van der Waals surface area contributed by atoms with Crippen molar-refractivity contribution in [2.75, 3.05) is 0 Å². The third-order valence-electron chi connectivity index (χ3n) is 16.0. The summed E-state index contributed by atoms with van der Waals surface area (Å²) in [5.41, 5.74) is 0.987. The Morgan fingerprint density at radius 2 is 1.06 bits per heavy atom. The summed E-state index contributed by atoms with van der Waals surface area (Å²) in [6.45, 7) is 8.18. The number of unbranched alkanes of at least 4 members (excludes halogenated alkanes) is 14. The zero-order chi connectivity index (χ0) is 35.4. The van der Waals surface area contributed by atoms with Crippen LogP contribution in [0.2, 0.25) is 0 Å². The second-order valence-corrected chi connectivity index (χ2v) is 19.2. The van der Waals surface area contributed by atoms with Crippen LogP contribution in [0.25, 0.3) is 0 Å². The lowest BCUT2D eigenvalue weighted by molar-refractivity contribution is -0.152. The van der Waals surface area contributed by atoms with Crippen molar-refractivity contribution >= 4 is 6.47 Å². The molecule has 2 heteroatoms. The van der Waals surface area contributed by atoms with E-state index in [9.17, 15) is 4.79 Å². The minimum absolute atomic E-state index is 0.169. The Morgan fingerprint density at radius 1 is 0.560 bits per heavy atom. The average molecular weight is 697 g/mol. The molecule has 0 spiro atoms. The fraction of sp³-hybridized carbons (Fsp3) is 0.979. The lowest BCUT2D eigenvalue weighted by Gasteiger charge is -2.55. The summed E-state index contributed by atoms with van der Waals surface area (Å²) in [7, 11) is 0. The number of carbonyl (C=O) groups excluding carboxylic acids is 1. The molecule has 0 aliphatic heterocycles. The molecule has 0 bridgehead atoms. The molecule has 1 unspecified atom stereocenters. The van der Waals surface area contributed by atoms with Crippen LogP contribution in [-0.2, 0) is 9.53 Å². The van der Waals surface area contributed by atoms with E-state index in [1.165, 1.54) is 218 Å². The van der Waals surface area contributed by atoms with Crippen LogP contribution in [0.1, 0.15) is 258 Å². The SMILES string of the molecule is CCCCCCCCCCC1CCC(C2(CC(C)C3(C4CCC(CCCCCCCCCC)(OC=O)CC4)CCCCC3)CCCCC2)CC1. The fourth-order valence-corrected chi connectivity index (χ4v) is 12.8. The lowest BCUT2D eigenvalue weighted by atomic mass is 9.50. The highest BCUT2D eigenvalue weighted by Gasteiger charge is 2.51. The summed E-state index contributed by atoms with van der Waals surface area (Å²) in [6.07, 6.45) is 52.4. The zero-order valence-corrected chi connectivity index (χ0v) is 34.4. The number of rotatable bonds is 25. The van der Waals surface area contributed by atoms with Gasteiger partial charge in [-0.25, -0.2) is 0 Å². The van der Waals surface area contributed by atoms with Crippen LogP contribution < -0.4 is 0 Å². The Labute approximate surface area is 313 Å². The van der Waals surface area contributed by atoms with Gasteiger partial charge in [0.1, 0.15) is 5.60 Å². The van der Waals surface area contributed by atoms with Gasteiger partial charge in [0.25, 0.3) is 6.47 Å². The van der Waals surface area contributed by atoms with Gasteiger partial charge in [-0.05, 0) is 118 Å². The Morgan fingerprint density at radius 3 is 1.60 bits per heavy atom. The molecule has 1 atom stereocenters. The van der Waals surface area contributed by atoms with Crippen LogP contribution in [0, 0.1) is 34.5 Å². The number of hydrogen-bond acceptors (Lipinski definition) is 2. The van der Waals surface area contributed by atoms with E-state index in [2.05, 4.69) is 20.8 Å². The highest BCUT2D eigenvalue weighted by Crippen LogP contribution is 2.60. The molecule has 0 aromatic rings. The first kappa shape index (κ1) is 42.2. The Balaban J connectivity index is 1.30. The fourth-order valence-electron chi connectivity index (χ4n) is 12.8. The van der Waals surface area contributed by atoms with E-state index in [0.717, 1.165) is 49.4 Å². The van der Waals surface area contributed by atoms with Crippen molar-refractivity contribution in [1.82, 2.24) is 0 Å². The first-order chi connectivity index (χ1) is 24.5. The monoisotopic (exact) mass is 697 g/mol. The van der Waals surface area contributed by atoms with Gasteiger partial charge in [-0.15, -0.1) is 0 Å². The first-order valence-corrected chi connectivity index (χ1v) is 23.6. The van der Waals surface area contributed by atoms with E-state index in [4.69, 9.17) is 4.74 Å². The van der Waals surface area contributed by atoms with E-state index in [0.29, 0.717) is 10.8 Å². The molecule has 4 saturated carbocycles. The number of carbonyl (C=O) groups is 1. The van der Waals surface area contributed by atoms with Crippen LogP contribution in [0.5, 0.6) is 0 Å². The molecule has 0 amide bonds. The third-order valence-corrected chi connectivity index (χ3v) is 16.0. The lowest BCUT2D eigenvalue weighted by Crippen LogP contribution is -2.47. The quantitative estimate of drug-likeness (QED) is 0.0701. The van der Waals surface area contributed by atoms with Crippen LogP contribution in [0.15, 0.2) is 0 Å². The van der Waals surface area contributed by atoms with Crippen LogP contribution in [-0.4, -0.2) is 12.1 Å². The van der Waals surface area contributed by atoms with Gasteiger partial charge in [-0.1, -0.05) is 175 Å². The largest absolute Gasteiger partial charge is 0.461 e. The molecule has 0 saturated heterocycles. The highest BCUT2D eigenvalue weighted by molar-refractivity contribution is 5.38. The van der Waals surface area contributed by atoms with Gasteiger partial charge in [0.15, 0.2) is 0 Å².